The van der Waals surface area contributed by atoms with Gasteiger partial charge in [-0.1, -0.05) is 20.8 Å². The molecule has 0 bridgehead atoms. The van der Waals surface area contributed by atoms with Crippen molar-refractivity contribution in [3.63, 3.8) is 0 Å². The Hall–Kier alpha value is 0.120. The van der Waals surface area contributed by atoms with Crippen LogP contribution in [-0.2, 0) is 10.2 Å². The highest BCUT2D eigenvalue weighted by Gasteiger charge is 2.24. The molecule has 0 amide bonds. The summed E-state index contributed by atoms with van der Waals surface area (Å²) in [5.74, 6) is 0. The molecule has 0 aliphatic carbocycles. The van der Waals surface area contributed by atoms with Crippen LogP contribution in [0.5, 0.6) is 0 Å². The molecular formula is C8H22ClN3O2S. The molecule has 0 aromatic heterocycles. The fourth-order valence-electron chi connectivity index (χ4n) is 1.04. The molecule has 0 saturated heterocycles. The number of hydrogen-bond acceptors (Lipinski definition) is 3. The molecule has 0 saturated carbocycles. The van der Waals surface area contributed by atoms with E-state index in [4.69, 9.17) is 5.73 Å². The fraction of sp³-hybridized carbons (Fsp3) is 1.00. The number of nitrogens with two attached hydrogens (primary N) is 1. The molecule has 0 radical (unpaired) electrons. The van der Waals surface area contributed by atoms with Gasteiger partial charge in [0.1, 0.15) is 0 Å². The van der Waals surface area contributed by atoms with Gasteiger partial charge in [0, 0.05) is 20.1 Å². The van der Waals surface area contributed by atoms with Crippen LogP contribution in [0.2, 0.25) is 0 Å². The van der Waals surface area contributed by atoms with Crippen LogP contribution in [0.15, 0.2) is 0 Å². The second-order valence-corrected chi connectivity index (χ2v) is 5.99. The molecule has 5 nitrogen and oxygen atoms in total. The van der Waals surface area contributed by atoms with E-state index >= 15 is 0 Å². The molecule has 0 atom stereocenters. The predicted octanol–water partition coefficient (Wildman–Crippen LogP) is 0.179. The highest BCUT2D eigenvalue weighted by atomic mass is 35.5. The Kier molecular flexibility index (Phi) is 7.76. The van der Waals surface area contributed by atoms with Crippen LogP contribution < -0.4 is 10.5 Å². The van der Waals surface area contributed by atoms with Gasteiger partial charge in [0.15, 0.2) is 0 Å². The molecule has 0 fully saturated rings. The van der Waals surface area contributed by atoms with Gasteiger partial charge in [0.05, 0.1) is 0 Å². The molecule has 7 heteroatoms. The van der Waals surface area contributed by atoms with Crippen LogP contribution in [-0.4, -0.2) is 39.4 Å². The third kappa shape index (κ3) is 6.32. The van der Waals surface area contributed by atoms with Crippen LogP contribution in [0.25, 0.3) is 0 Å². The topological polar surface area (TPSA) is 75.4 Å². The van der Waals surface area contributed by atoms with Crippen molar-refractivity contribution in [1.29, 1.82) is 0 Å². The summed E-state index contributed by atoms with van der Waals surface area (Å²) in [6.45, 7) is 6.89. The van der Waals surface area contributed by atoms with Crippen LogP contribution in [0.4, 0.5) is 0 Å². The summed E-state index contributed by atoms with van der Waals surface area (Å²) >= 11 is 0. The second kappa shape index (κ2) is 6.65. The largest absolute Gasteiger partial charge is 0.330 e. The lowest BCUT2D eigenvalue weighted by Gasteiger charge is -2.28. The Morgan fingerprint density at radius 2 is 1.87 bits per heavy atom. The van der Waals surface area contributed by atoms with Crippen molar-refractivity contribution in [3.8, 4) is 0 Å². The fourth-order valence-corrected chi connectivity index (χ4v) is 2.15. The molecule has 0 aromatic carbocycles. The first-order valence-corrected chi connectivity index (χ1v) is 6.10. The molecule has 0 heterocycles. The monoisotopic (exact) mass is 259 g/mol. The van der Waals surface area contributed by atoms with Crippen molar-refractivity contribution >= 4 is 22.6 Å². The van der Waals surface area contributed by atoms with Crippen molar-refractivity contribution in [2.45, 2.75) is 20.8 Å². The van der Waals surface area contributed by atoms with Crippen LogP contribution in [0, 0.1) is 5.41 Å². The number of hydrogen-bond donors (Lipinski definition) is 2. The lowest BCUT2D eigenvalue weighted by molar-refractivity contribution is 0.290. The van der Waals surface area contributed by atoms with E-state index in [9.17, 15) is 8.42 Å². The normalized spacial score (nSPS) is 12.7. The average molecular weight is 260 g/mol. The first kappa shape index (κ1) is 17.5. The summed E-state index contributed by atoms with van der Waals surface area (Å²) in [7, 11) is -1.77. The maximum absolute atomic E-state index is 11.5. The third-order valence-corrected chi connectivity index (χ3v) is 3.54. The van der Waals surface area contributed by atoms with Crippen molar-refractivity contribution in [2.75, 3.05) is 26.7 Å². The van der Waals surface area contributed by atoms with E-state index in [1.165, 1.54) is 4.31 Å². The maximum atomic E-state index is 11.5. The third-order valence-electron chi connectivity index (χ3n) is 1.94. The Labute approximate surface area is 99.0 Å². The van der Waals surface area contributed by atoms with Gasteiger partial charge in [-0.05, 0) is 12.0 Å². The van der Waals surface area contributed by atoms with Gasteiger partial charge in [-0.25, -0.2) is 4.72 Å². The molecule has 0 rings (SSSR count). The van der Waals surface area contributed by atoms with Crippen molar-refractivity contribution in [3.05, 3.63) is 0 Å². The molecular weight excluding hydrogens is 238 g/mol. The van der Waals surface area contributed by atoms with Crippen molar-refractivity contribution in [2.24, 2.45) is 11.1 Å². The van der Waals surface area contributed by atoms with Gasteiger partial charge in [-0.15, -0.1) is 12.4 Å². The molecule has 0 aliphatic heterocycles. The van der Waals surface area contributed by atoms with Crippen LogP contribution in [0.3, 0.4) is 0 Å². The summed E-state index contributed by atoms with van der Waals surface area (Å²) < 4.78 is 26.7. The lowest BCUT2D eigenvalue weighted by Crippen LogP contribution is -2.44. The van der Waals surface area contributed by atoms with Crippen molar-refractivity contribution < 1.29 is 8.42 Å². The standard InChI is InChI=1S/C8H21N3O2S.ClH/c1-5-10-14(12,13)11(4)7-8(2,3)6-9;/h10H,5-7,9H2,1-4H3;1H. The minimum atomic E-state index is -3.33. The minimum Gasteiger partial charge on any atom is -0.330 e. The van der Waals surface area contributed by atoms with Gasteiger partial charge < -0.3 is 5.73 Å². The van der Waals surface area contributed by atoms with Gasteiger partial charge >= 0.3 is 0 Å². The molecule has 94 valence electrons. The first-order valence-electron chi connectivity index (χ1n) is 4.66. The molecule has 3 N–H and O–H groups in total. The van der Waals surface area contributed by atoms with E-state index < -0.39 is 10.2 Å². The van der Waals surface area contributed by atoms with E-state index in [-0.39, 0.29) is 17.8 Å². The second-order valence-electron chi connectivity index (χ2n) is 4.13. The SMILES string of the molecule is CCNS(=O)(=O)N(C)CC(C)(C)CN.Cl. The quantitative estimate of drug-likeness (QED) is 0.715. The molecule has 0 unspecified atom stereocenters. The minimum absolute atomic E-state index is 0. The summed E-state index contributed by atoms with van der Waals surface area (Å²) in [6, 6.07) is 0. The smallest absolute Gasteiger partial charge is 0.279 e. The van der Waals surface area contributed by atoms with Gasteiger partial charge in [-0.2, -0.15) is 12.7 Å². The Balaban J connectivity index is 0. The van der Waals surface area contributed by atoms with E-state index in [2.05, 4.69) is 4.72 Å². The van der Waals surface area contributed by atoms with Gasteiger partial charge in [0.25, 0.3) is 10.2 Å². The zero-order valence-electron chi connectivity index (χ0n) is 9.78. The van der Waals surface area contributed by atoms with E-state index in [0.29, 0.717) is 19.6 Å². The van der Waals surface area contributed by atoms with Crippen LogP contribution >= 0.6 is 12.4 Å². The summed E-state index contributed by atoms with van der Waals surface area (Å²) in [5, 5.41) is 0. The summed E-state index contributed by atoms with van der Waals surface area (Å²) in [5.41, 5.74) is 5.33. The highest BCUT2D eigenvalue weighted by molar-refractivity contribution is 7.87. The van der Waals surface area contributed by atoms with E-state index in [0.717, 1.165) is 0 Å². The lowest BCUT2D eigenvalue weighted by atomic mass is 9.94. The Bertz CT molecular complexity index is 267. The Morgan fingerprint density at radius 1 is 1.40 bits per heavy atom. The van der Waals surface area contributed by atoms with E-state index in [1.54, 1.807) is 14.0 Å². The van der Waals surface area contributed by atoms with Crippen molar-refractivity contribution in [1.82, 2.24) is 9.03 Å². The molecule has 15 heavy (non-hydrogen) atoms. The number of nitrogens with zero attached hydrogens (tertiary/aromatic N) is 1. The number of rotatable bonds is 6. The zero-order valence-corrected chi connectivity index (χ0v) is 11.4. The predicted molar refractivity (Wildman–Crippen MR) is 65.3 cm³/mol. The average Bonchev–Trinajstić information content (AvgIpc) is 2.03. The molecule has 0 spiro atoms. The highest BCUT2D eigenvalue weighted by Crippen LogP contribution is 2.15. The van der Waals surface area contributed by atoms with Gasteiger partial charge in [-0.3, -0.25) is 0 Å². The molecule has 0 aromatic rings. The zero-order chi connectivity index (χ0) is 11.4. The maximum Gasteiger partial charge on any atom is 0.279 e. The first-order chi connectivity index (χ1) is 6.25. The van der Waals surface area contributed by atoms with E-state index in [1.807, 2.05) is 13.8 Å². The summed E-state index contributed by atoms with van der Waals surface area (Å²) in [4.78, 5) is 0. The van der Waals surface area contributed by atoms with Crippen LogP contribution in [0.1, 0.15) is 20.8 Å². The van der Waals surface area contributed by atoms with Gasteiger partial charge in [0.2, 0.25) is 0 Å². The number of halogens is 1. The summed E-state index contributed by atoms with van der Waals surface area (Å²) in [6.07, 6.45) is 0. The molecule has 0 aliphatic rings. The Morgan fingerprint density at radius 3 is 2.20 bits per heavy atom. The number of nitrogens with one attached hydrogen (secondary N) is 1.